The summed E-state index contributed by atoms with van der Waals surface area (Å²) in [6.45, 7) is 4.21. The molecule has 5 rings (SSSR count). The Balaban J connectivity index is 1.34. The zero-order valence-electron chi connectivity index (χ0n) is 23.0. The Bertz CT molecular complexity index is 1560. The van der Waals surface area contributed by atoms with Gasteiger partial charge in [0.2, 0.25) is 0 Å². The summed E-state index contributed by atoms with van der Waals surface area (Å²) >= 11 is 0. The highest BCUT2D eigenvalue weighted by Gasteiger charge is 2.31. The molecule has 0 saturated heterocycles. The van der Waals surface area contributed by atoms with Crippen LogP contribution in [0.1, 0.15) is 56.5 Å². The van der Waals surface area contributed by atoms with Gasteiger partial charge in [-0.1, -0.05) is 18.2 Å². The van der Waals surface area contributed by atoms with Crippen LogP contribution < -0.4 is 19.7 Å². The van der Waals surface area contributed by atoms with Gasteiger partial charge in [-0.05, 0) is 74.9 Å². The third-order valence-corrected chi connectivity index (χ3v) is 7.02. The van der Waals surface area contributed by atoms with Crippen LogP contribution in [0.5, 0.6) is 17.2 Å². The van der Waals surface area contributed by atoms with Crippen LogP contribution in [0, 0.1) is 5.41 Å². The van der Waals surface area contributed by atoms with Crippen LogP contribution in [0.15, 0.2) is 48.8 Å². The SMILES string of the molecule is COc1ccc(Cn2cnc(=N)c3[nH]c(C(C)(C)OCc4ccc(OC(F)(F)F)cc4)nc32)cc1OC1CCCC1. The number of hydrogen-bond donors (Lipinski definition) is 2. The van der Waals surface area contributed by atoms with E-state index in [0.717, 1.165) is 31.2 Å². The topological polar surface area (TPSA) is 107 Å². The summed E-state index contributed by atoms with van der Waals surface area (Å²) in [5.74, 6) is 1.57. The Morgan fingerprint density at radius 2 is 1.73 bits per heavy atom. The fraction of sp³-hybridized carbons (Fsp3) is 0.414. The summed E-state index contributed by atoms with van der Waals surface area (Å²) in [6.07, 6.45) is 1.41. The van der Waals surface area contributed by atoms with E-state index < -0.39 is 12.0 Å². The molecule has 0 bridgehead atoms. The lowest BCUT2D eigenvalue weighted by molar-refractivity contribution is -0.274. The highest BCUT2D eigenvalue weighted by molar-refractivity contribution is 5.69. The fourth-order valence-corrected chi connectivity index (χ4v) is 4.80. The molecule has 1 fully saturated rings. The molecule has 2 N–H and O–H groups in total. The zero-order chi connectivity index (χ0) is 29.2. The Morgan fingerprint density at radius 1 is 1.02 bits per heavy atom. The van der Waals surface area contributed by atoms with Gasteiger partial charge in [-0.15, -0.1) is 13.2 Å². The largest absolute Gasteiger partial charge is 0.573 e. The van der Waals surface area contributed by atoms with Gasteiger partial charge >= 0.3 is 6.36 Å². The van der Waals surface area contributed by atoms with Crippen LogP contribution >= 0.6 is 0 Å². The van der Waals surface area contributed by atoms with E-state index in [9.17, 15) is 13.2 Å². The summed E-state index contributed by atoms with van der Waals surface area (Å²) in [7, 11) is 1.62. The number of alkyl halides is 3. The molecule has 0 spiro atoms. The van der Waals surface area contributed by atoms with Crippen molar-refractivity contribution in [3.8, 4) is 17.2 Å². The van der Waals surface area contributed by atoms with E-state index in [0.29, 0.717) is 40.6 Å². The molecular weight excluding hydrogens is 539 g/mol. The first-order valence-corrected chi connectivity index (χ1v) is 13.3. The average molecular weight is 572 g/mol. The normalized spacial score (nSPS) is 14.5. The standard InChI is InChI=1S/C29H32F3N5O4/c1-28(2,39-16-18-8-11-21(12-9-18)41-29(30,31)32)27-35-24-25(33)34-17-37(26(24)36-27)15-19-10-13-22(38-3)23(14-19)40-20-6-4-5-7-20/h8-14,17,20,33H,4-7,15-16H2,1-3H3,(H,35,36). The maximum Gasteiger partial charge on any atom is 0.573 e. The van der Waals surface area contributed by atoms with Crippen LogP contribution in [0.25, 0.3) is 11.2 Å². The molecule has 2 heterocycles. The second kappa shape index (κ2) is 11.4. The van der Waals surface area contributed by atoms with Crippen LogP contribution in [-0.2, 0) is 23.5 Å². The van der Waals surface area contributed by atoms with E-state index in [1.54, 1.807) is 13.4 Å². The molecule has 1 aliphatic rings. The molecule has 0 amide bonds. The Labute approximate surface area is 234 Å². The molecule has 0 aliphatic heterocycles. The van der Waals surface area contributed by atoms with Crippen molar-refractivity contribution in [2.45, 2.75) is 70.7 Å². The van der Waals surface area contributed by atoms with Crippen molar-refractivity contribution >= 4 is 11.2 Å². The van der Waals surface area contributed by atoms with E-state index in [2.05, 4.69) is 14.7 Å². The van der Waals surface area contributed by atoms with Crippen molar-refractivity contribution in [2.75, 3.05) is 7.11 Å². The maximum absolute atomic E-state index is 12.4. The molecule has 1 aliphatic carbocycles. The quantitative estimate of drug-likeness (QED) is 0.243. The molecular formula is C29H32F3N5O4. The summed E-state index contributed by atoms with van der Waals surface area (Å²) in [4.78, 5) is 12.2. The number of rotatable bonds is 10. The van der Waals surface area contributed by atoms with Gasteiger partial charge in [0, 0.05) is 0 Å². The minimum absolute atomic E-state index is 0.0473. The Hall–Kier alpha value is -4.06. The minimum atomic E-state index is -4.75. The van der Waals surface area contributed by atoms with Crippen LogP contribution in [-0.4, -0.2) is 39.1 Å². The number of H-pyrrole nitrogens is 1. The van der Waals surface area contributed by atoms with Crippen molar-refractivity contribution in [2.24, 2.45) is 0 Å². The van der Waals surface area contributed by atoms with Gasteiger partial charge in [-0.3, -0.25) is 5.41 Å². The number of benzene rings is 2. The third kappa shape index (κ3) is 6.82. The molecule has 218 valence electrons. The van der Waals surface area contributed by atoms with E-state index in [1.807, 2.05) is 36.6 Å². The molecule has 0 unspecified atom stereocenters. The monoisotopic (exact) mass is 571 g/mol. The first-order valence-electron chi connectivity index (χ1n) is 13.3. The lowest BCUT2D eigenvalue weighted by atomic mass is 10.1. The molecule has 1 saturated carbocycles. The summed E-state index contributed by atoms with van der Waals surface area (Å²) < 4.78 is 60.9. The van der Waals surface area contributed by atoms with Gasteiger partial charge in [0.25, 0.3) is 0 Å². The Morgan fingerprint density at radius 3 is 2.41 bits per heavy atom. The third-order valence-electron chi connectivity index (χ3n) is 7.02. The molecule has 0 atom stereocenters. The lowest BCUT2D eigenvalue weighted by Crippen LogP contribution is -2.23. The van der Waals surface area contributed by atoms with E-state index in [1.165, 1.54) is 24.3 Å². The van der Waals surface area contributed by atoms with Crippen LogP contribution in [0.3, 0.4) is 0 Å². The van der Waals surface area contributed by atoms with Gasteiger partial charge in [0.1, 0.15) is 22.7 Å². The average Bonchev–Trinajstić information content (AvgIpc) is 3.61. The summed E-state index contributed by atoms with van der Waals surface area (Å²) in [5, 5.41) is 8.32. The molecule has 12 heteroatoms. The van der Waals surface area contributed by atoms with E-state index in [4.69, 9.17) is 24.6 Å². The first-order chi connectivity index (χ1) is 19.5. The number of nitrogens with zero attached hydrogens (tertiary/aromatic N) is 3. The summed E-state index contributed by atoms with van der Waals surface area (Å²) in [5.41, 5.74) is 1.76. The summed E-state index contributed by atoms with van der Waals surface area (Å²) in [6, 6.07) is 11.3. The minimum Gasteiger partial charge on any atom is -0.493 e. The van der Waals surface area contributed by atoms with Crippen LogP contribution in [0.2, 0.25) is 0 Å². The van der Waals surface area contributed by atoms with Crippen molar-refractivity contribution in [1.29, 1.82) is 5.41 Å². The number of aromatic nitrogens is 4. The van der Waals surface area contributed by atoms with Gasteiger partial charge < -0.3 is 28.5 Å². The molecule has 41 heavy (non-hydrogen) atoms. The number of aromatic amines is 1. The van der Waals surface area contributed by atoms with Crippen molar-refractivity contribution in [3.05, 3.63) is 71.2 Å². The molecule has 9 nitrogen and oxygen atoms in total. The van der Waals surface area contributed by atoms with Crippen molar-refractivity contribution in [1.82, 2.24) is 19.5 Å². The molecule has 4 aromatic rings. The smallest absolute Gasteiger partial charge is 0.493 e. The molecule has 2 aromatic heterocycles. The number of hydrogen-bond acceptors (Lipinski definition) is 7. The van der Waals surface area contributed by atoms with Gasteiger partial charge in [-0.25, -0.2) is 9.97 Å². The van der Waals surface area contributed by atoms with Crippen molar-refractivity contribution in [3.63, 3.8) is 0 Å². The predicted octanol–water partition coefficient (Wildman–Crippen LogP) is 5.97. The number of fused-ring (bicyclic) bond motifs is 1. The zero-order valence-corrected chi connectivity index (χ0v) is 23.0. The predicted molar refractivity (Wildman–Crippen MR) is 144 cm³/mol. The Kier molecular flexibility index (Phi) is 7.94. The fourth-order valence-electron chi connectivity index (χ4n) is 4.80. The van der Waals surface area contributed by atoms with Crippen molar-refractivity contribution < 1.29 is 32.1 Å². The number of imidazole rings is 1. The highest BCUT2D eigenvalue weighted by Crippen LogP contribution is 2.33. The number of methoxy groups -OCH3 is 1. The first kappa shape index (κ1) is 28.5. The van der Waals surface area contributed by atoms with E-state index >= 15 is 0 Å². The second-order valence-electron chi connectivity index (χ2n) is 10.5. The van der Waals surface area contributed by atoms with Gasteiger partial charge in [-0.2, -0.15) is 0 Å². The van der Waals surface area contributed by atoms with Gasteiger partial charge in [0.15, 0.2) is 22.6 Å². The van der Waals surface area contributed by atoms with Crippen LogP contribution in [0.4, 0.5) is 13.2 Å². The molecule has 0 radical (unpaired) electrons. The van der Waals surface area contributed by atoms with E-state index in [-0.39, 0.29) is 23.9 Å². The lowest BCUT2D eigenvalue weighted by Gasteiger charge is -2.23. The number of ether oxygens (including phenoxy) is 4. The second-order valence-corrected chi connectivity index (χ2v) is 10.5. The highest BCUT2D eigenvalue weighted by atomic mass is 19.4. The number of halogens is 3. The maximum atomic E-state index is 12.4. The number of nitrogens with one attached hydrogen (secondary N) is 2. The van der Waals surface area contributed by atoms with Gasteiger partial charge in [0.05, 0.1) is 32.7 Å². The molecule has 2 aromatic carbocycles.